The molecule has 2 aromatic rings. The highest BCUT2D eigenvalue weighted by Gasteiger charge is 2.25. The third-order valence-electron chi connectivity index (χ3n) is 5.32. The number of aliphatic hydroxyl groups excluding tert-OH is 1. The number of aromatic amines is 1. The lowest BCUT2D eigenvalue weighted by Crippen LogP contribution is -2.35. The molecule has 3 heterocycles. The number of aliphatic hydroxyl groups is 1. The van der Waals surface area contributed by atoms with Gasteiger partial charge in [0.05, 0.1) is 24.0 Å². The van der Waals surface area contributed by atoms with E-state index in [1.165, 1.54) is 0 Å². The normalized spacial score (nSPS) is 18.0. The predicted octanol–water partition coefficient (Wildman–Crippen LogP) is 1.55. The molecule has 2 aromatic heterocycles. The van der Waals surface area contributed by atoms with Gasteiger partial charge in [0.25, 0.3) is 11.5 Å². The maximum Gasteiger partial charge on any atom is 0.261 e. The Balaban J connectivity index is 1.62. The summed E-state index contributed by atoms with van der Waals surface area (Å²) >= 11 is 0. The number of carbonyl (C=O) groups is 1. The van der Waals surface area contributed by atoms with E-state index in [0.717, 1.165) is 49.1 Å². The Morgan fingerprint density at radius 2 is 2.04 bits per heavy atom. The predicted molar refractivity (Wildman–Crippen MR) is 95.9 cm³/mol. The van der Waals surface area contributed by atoms with E-state index in [2.05, 4.69) is 10.1 Å². The summed E-state index contributed by atoms with van der Waals surface area (Å²) in [4.78, 5) is 30.1. The minimum Gasteiger partial charge on any atom is -0.387 e. The van der Waals surface area contributed by atoms with Gasteiger partial charge in [-0.1, -0.05) is 0 Å². The average molecular weight is 356 g/mol. The maximum absolute atomic E-state index is 13.0. The molecule has 0 bridgehead atoms. The van der Waals surface area contributed by atoms with E-state index in [1.54, 1.807) is 17.9 Å². The van der Waals surface area contributed by atoms with Crippen LogP contribution >= 0.6 is 0 Å². The Labute approximate surface area is 151 Å². The van der Waals surface area contributed by atoms with Crippen LogP contribution in [0.4, 0.5) is 0 Å². The SMILES string of the molecule is CC(O)c1cc2n(n1)CCCN(C(=O)c1cc3c([nH]c1=O)CCCC3)C2. The molecule has 1 atom stereocenters. The van der Waals surface area contributed by atoms with Crippen molar-refractivity contribution in [3.05, 3.63) is 50.7 Å². The highest BCUT2D eigenvalue weighted by molar-refractivity contribution is 5.94. The van der Waals surface area contributed by atoms with E-state index >= 15 is 0 Å². The first-order valence-corrected chi connectivity index (χ1v) is 9.32. The molecule has 2 N–H and O–H groups in total. The molecule has 0 saturated heterocycles. The van der Waals surface area contributed by atoms with Gasteiger partial charge in [0.1, 0.15) is 5.56 Å². The lowest BCUT2D eigenvalue weighted by molar-refractivity contribution is 0.0743. The summed E-state index contributed by atoms with van der Waals surface area (Å²) in [6.07, 6.45) is 4.10. The van der Waals surface area contributed by atoms with Crippen molar-refractivity contribution in [2.45, 2.75) is 58.2 Å². The number of aromatic nitrogens is 3. The first kappa shape index (κ1) is 17.0. The lowest BCUT2D eigenvalue weighted by atomic mass is 9.95. The van der Waals surface area contributed by atoms with Crippen molar-refractivity contribution in [2.75, 3.05) is 6.54 Å². The summed E-state index contributed by atoms with van der Waals surface area (Å²) in [7, 11) is 0. The monoisotopic (exact) mass is 356 g/mol. The van der Waals surface area contributed by atoms with E-state index in [9.17, 15) is 14.7 Å². The number of amides is 1. The molecule has 0 spiro atoms. The molecule has 0 radical (unpaired) electrons. The number of fused-ring (bicyclic) bond motifs is 2. The van der Waals surface area contributed by atoms with Crippen LogP contribution in [0.15, 0.2) is 16.9 Å². The summed E-state index contributed by atoms with van der Waals surface area (Å²) in [6, 6.07) is 3.63. The first-order valence-electron chi connectivity index (χ1n) is 9.32. The van der Waals surface area contributed by atoms with Gasteiger partial charge >= 0.3 is 0 Å². The van der Waals surface area contributed by atoms with Crippen LogP contribution in [-0.2, 0) is 25.9 Å². The highest BCUT2D eigenvalue weighted by Crippen LogP contribution is 2.21. The minimum absolute atomic E-state index is 0.229. The van der Waals surface area contributed by atoms with Crippen LogP contribution < -0.4 is 5.56 Å². The smallest absolute Gasteiger partial charge is 0.261 e. The Kier molecular flexibility index (Phi) is 4.40. The Bertz CT molecular complexity index is 897. The summed E-state index contributed by atoms with van der Waals surface area (Å²) in [6.45, 7) is 3.36. The molecule has 4 rings (SSSR count). The fraction of sp³-hybridized carbons (Fsp3) is 0.526. The summed E-state index contributed by atoms with van der Waals surface area (Å²) in [5.74, 6) is -0.229. The molecule has 0 saturated carbocycles. The molecule has 0 fully saturated rings. The van der Waals surface area contributed by atoms with Gasteiger partial charge in [0, 0.05) is 18.8 Å². The highest BCUT2D eigenvalue weighted by atomic mass is 16.3. The number of carbonyl (C=O) groups excluding carboxylic acids is 1. The van der Waals surface area contributed by atoms with E-state index in [0.29, 0.717) is 25.3 Å². The molecule has 138 valence electrons. The third kappa shape index (κ3) is 3.07. The Morgan fingerprint density at radius 3 is 2.85 bits per heavy atom. The number of nitrogens with one attached hydrogen (secondary N) is 1. The van der Waals surface area contributed by atoms with E-state index in [1.807, 2.05) is 10.7 Å². The molecule has 1 amide bonds. The second kappa shape index (κ2) is 6.72. The maximum atomic E-state index is 13.0. The van der Waals surface area contributed by atoms with Gasteiger partial charge in [-0.05, 0) is 56.7 Å². The van der Waals surface area contributed by atoms with Gasteiger partial charge in [0.2, 0.25) is 0 Å². The first-order chi connectivity index (χ1) is 12.5. The zero-order valence-electron chi connectivity index (χ0n) is 15.0. The molecule has 7 heteroatoms. The minimum atomic E-state index is -0.637. The molecular formula is C19H24N4O3. The molecule has 1 unspecified atom stereocenters. The summed E-state index contributed by atoms with van der Waals surface area (Å²) in [5.41, 5.74) is 3.51. The van der Waals surface area contributed by atoms with Gasteiger partial charge in [-0.2, -0.15) is 5.10 Å². The largest absolute Gasteiger partial charge is 0.387 e. The van der Waals surface area contributed by atoms with Crippen molar-refractivity contribution < 1.29 is 9.90 Å². The van der Waals surface area contributed by atoms with Crippen LogP contribution in [0.3, 0.4) is 0 Å². The number of aryl methyl sites for hydroxylation is 3. The van der Waals surface area contributed by atoms with Gasteiger partial charge in [-0.25, -0.2) is 0 Å². The van der Waals surface area contributed by atoms with Gasteiger partial charge in [0.15, 0.2) is 0 Å². The summed E-state index contributed by atoms with van der Waals surface area (Å²) in [5, 5.41) is 14.2. The average Bonchev–Trinajstić information content (AvgIpc) is 2.93. The van der Waals surface area contributed by atoms with Crippen LogP contribution in [0.2, 0.25) is 0 Å². The van der Waals surface area contributed by atoms with Crippen molar-refractivity contribution in [3.8, 4) is 0 Å². The van der Waals surface area contributed by atoms with Gasteiger partial charge in [-0.3, -0.25) is 14.3 Å². The topological polar surface area (TPSA) is 91.2 Å². The fourth-order valence-corrected chi connectivity index (χ4v) is 3.87. The number of nitrogens with zero attached hydrogens (tertiary/aromatic N) is 3. The third-order valence-corrected chi connectivity index (χ3v) is 5.32. The van der Waals surface area contributed by atoms with E-state index < -0.39 is 6.10 Å². The van der Waals surface area contributed by atoms with Crippen LogP contribution in [0.25, 0.3) is 0 Å². The number of rotatable bonds is 2. The molecule has 0 aromatic carbocycles. The molecule has 26 heavy (non-hydrogen) atoms. The number of hydrogen-bond acceptors (Lipinski definition) is 4. The molecule has 1 aliphatic heterocycles. The lowest BCUT2D eigenvalue weighted by Gasteiger charge is -2.21. The van der Waals surface area contributed by atoms with Gasteiger partial charge < -0.3 is 15.0 Å². The Morgan fingerprint density at radius 1 is 1.23 bits per heavy atom. The van der Waals surface area contributed by atoms with Gasteiger partial charge in [-0.15, -0.1) is 0 Å². The van der Waals surface area contributed by atoms with Crippen molar-refractivity contribution in [2.24, 2.45) is 0 Å². The fourth-order valence-electron chi connectivity index (χ4n) is 3.87. The quantitative estimate of drug-likeness (QED) is 0.854. The zero-order chi connectivity index (χ0) is 18.3. The standard InChI is InChI=1S/C19H24N4O3/c1-12(24)17-10-14-11-22(7-4-8-23(14)21-17)19(26)15-9-13-5-2-3-6-16(13)20-18(15)25/h9-10,12,24H,2-8,11H2,1H3,(H,20,25). The molecular weight excluding hydrogens is 332 g/mol. The molecule has 1 aliphatic carbocycles. The van der Waals surface area contributed by atoms with Crippen LogP contribution in [-0.4, -0.2) is 37.2 Å². The van der Waals surface area contributed by atoms with E-state index in [4.69, 9.17) is 0 Å². The van der Waals surface area contributed by atoms with Crippen molar-refractivity contribution in [1.29, 1.82) is 0 Å². The molecule has 7 nitrogen and oxygen atoms in total. The second-order valence-electron chi connectivity index (χ2n) is 7.26. The molecule has 2 aliphatic rings. The van der Waals surface area contributed by atoms with Crippen molar-refractivity contribution in [1.82, 2.24) is 19.7 Å². The number of hydrogen-bond donors (Lipinski definition) is 2. The van der Waals surface area contributed by atoms with Crippen LogP contribution in [0, 0.1) is 0 Å². The zero-order valence-corrected chi connectivity index (χ0v) is 15.0. The van der Waals surface area contributed by atoms with Crippen molar-refractivity contribution in [3.63, 3.8) is 0 Å². The Hall–Kier alpha value is -2.41. The van der Waals surface area contributed by atoms with E-state index in [-0.39, 0.29) is 17.0 Å². The number of pyridine rings is 1. The van der Waals surface area contributed by atoms with Crippen LogP contribution in [0.1, 0.15) is 65.3 Å². The summed E-state index contributed by atoms with van der Waals surface area (Å²) < 4.78 is 1.85. The number of H-pyrrole nitrogens is 1. The van der Waals surface area contributed by atoms with Crippen molar-refractivity contribution >= 4 is 5.91 Å². The van der Waals surface area contributed by atoms with Crippen LogP contribution in [0.5, 0.6) is 0 Å². The second-order valence-corrected chi connectivity index (χ2v) is 7.26.